The Morgan fingerprint density at radius 1 is 1.48 bits per heavy atom. The van der Waals surface area contributed by atoms with Gasteiger partial charge in [0.05, 0.1) is 18.2 Å². The molecule has 3 rings (SSSR count). The van der Waals surface area contributed by atoms with Crippen molar-refractivity contribution < 1.29 is 4.74 Å². The molecule has 2 heterocycles. The monoisotopic (exact) mass is 322 g/mol. The number of likely N-dealkylation sites (N-methyl/N-ethyl adjacent to an activating group) is 1. The van der Waals surface area contributed by atoms with Crippen molar-refractivity contribution in [2.45, 2.75) is 24.9 Å². The molecule has 1 atom stereocenters. The van der Waals surface area contributed by atoms with Gasteiger partial charge in [-0.05, 0) is 25.1 Å². The van der Waals surface area contributed by atoms with Crippen molar-refractivity contribution in [1.29, 1.82) is 0 Å². The summed E-state index contributed by atoms with van der Waals surface area (Å²) in [5.41, 5.74) is 3.43. The lowest BCUT2D eigenvalue weighted by atomic mass is 10.1. The number of hydrogen-bond donors (Lipinski definition) is 0. The van der Waals surface area contributed by atoms with Gasteiger partial charge in [0.2, 0.25) is 0 Å². The van der Waals surface area contributed by atoms with Gasteiger partial charge in [-0.3, -0.25) is 4.90 Å². The third-order valence-electron chi connectivity index (χ3n) is 3.82. The van der Waals surface area contributed by atoms with Gasteiger partial charge in [-0.25, -0.2) is 4.98 Å². The maximum atomic E-state index is 5.83. The second-order valence-corrected chi connectivity index (χ2v) is 6.54. The Balaban J connectivity index is 1.73. The quantitative estimate of drug-likeness (QED) is 0.784. The Labute approximate surface area is 134 Å². The minimum atomic E-state index is 0.473. The average Bonchev–Trinajstić information content (AvgIpc) is 3.19. The summed E-state index contributed by atoms with van der Waals surface area (Å²) in [7, 11) is 2.17. The van der Waals surface area contributed by atoms with Crippen LogP contribution in [-0.2, 0) is 17.2 Å². The van der Waals surface area contributed by atoms with E-state index in [0.717, 1.165) is 36.9 Å². The fourth-order valence-electron chi connectivity index (χ4n) is 2.59. The van der Waals surface area contributed by atoms with E-state index < -0.39 is 0 Å². The van der Waals surface area contributed by atoms with E-state index in [9.17, 15) is 0 Å². The first-order valence-electron chi connectivity index (χ1n) is 7.14. The number of ether oxygens (including phenoxy) is 1. The van der Waals surface area contributed by atoms with E-state index in [4.69, 9.17) is 16.3 Å². The van der Waals surface area contributed by atoms with Crippen LogP contribution >= 0.6 is 22.9 Å². The zero-order valence-electron chi connectivity index (χ0n) is 12.1. The number of hydrogen-bond acceptors (Lipinski definition) is 4. The molecule has 0 aliphatic carbocycles. The first kappa shape index (κ1) is 15.0. The molecule has 1 unspecified atom stereocenters. The Morgan fingerprint density at radius 2 is 2.38 bits per heavy atom. The number of halogens is 1. The summed E-state index contributed by atoms with van der Waals surface area (Å²) < 4.78 is 5.46. The molecule has 1 aliphatic rings. The smallest absolute Gasteiger partial charge is 0.123 e. The summed E-state index contributed by atoms with van der Waals surface area (Å²) in [6.45, 7) is 2.67. The van der Waals surface area contributed by atoms with Crippen molar-refractivity contribution in [3.63, 3.8) is 0 Å². The molecule has 5 heteroatoms. The number of rotatable bonds is 5. The van der Waals surface area contributed by atoms with E-state index in [0.29, 0.717) is 11.9 Å². The van der Waals surface area contributed by atoms with Crippen LogP contribution in [-0.4, -0.2) is 36.2 Å². The van der Waals surface area contributed by atoms with Crippen LogP contribution in [0.4, 0.5) is 0 Å². The van der Waals surface area contributed by atoms with Gasteiger partial charge in [-0.1, -0.05) is 18.2 Å². The molecule has 112 valence electrons. The summed E-state index contributed by atoms with van der Waals surface area (Å²) in [4.78, 5) is 6.92. The number of nitrogens with zero attached hydrogens (tertiary/aromatic N) is 2. The molecule has 1 aromatic carbocycles. The summed E-state index contributed by atoms with van der Waals surface area (Å²) in [5.74, 6) is 0.473. The van der Waals surface area contributed by atoms with Crippen LogP contribution in [0.5, 0.6) is 0 Å². The minimum Gasteiger partial charge on any atom is -0.380 e. The van der Waals surface area contributed by atoms with E-state index in [2.05, 4.69) is 41.2 Å². The van der Waals surface area contributed by atoms with Crippen LogP contribution in [0.1, 0.15) is 17.7 Å². The van der Waals surface area contributed by atoms with E-state index in [1.54, 1.807) is 11.3 Å². The second-order valence-electron chi connectivity index (χ2n) is 5.41. The normalized spacial score (nSPS) is 18.5. The highest BCUT2D eigenvalue weighted by Crippen LogP contribution is 2.26. The Bertz CT molecular complexity index is 595. The molecular formula is C16H19ClN2OS. The van der Waals surface area contributed by atoms with Crippen LogP contribution in [0.3, 0.4) is 0 Å². The third-order valence-corrected chi connectivity index (χ3v) is 5.04. The molecule has 0 bridgehead atoms. The molecule has 0 saturated carbocycles. The minimum absolute atomic E-state index is 0.473. The van der Waals surface area contributed by atoms with Gasteiger partial charge in [0.25, 0.3) is 0 Å². The van der Waals surface area contributed by atoms with Crippen LogP contribution < -0.4 is 0 Å². The topological polar surface area (TPSA) is 25.4 Å². The fourth-order valence-corrected chi connectivity index (χ4v) is 3.64. The molecule has 0 radical (unpaired) electrons. The van der Waals surface area contributed by atoms with Crippen LogP contribution in [0.15, 0.2) is 29.6 Å². The molecule has 2 aromatic rings. The molecule has 1 fully saturated rings. The van der Waals surface area contributed by atoms with Gasteiger partial charge in [0.15, 0.2) is 0 Å². The average molecular weight is 323 g/mol. The Hall–Kier alpha value is -0.940. The van der Waals surface area contributed by atoms with Crippen molar-refractivity contribution in [1.82, 2.24) is 9.88 Å². The molecule has 0 N–H and O–H groups in total. The van der Waals surface area contributed by atoms with Gasteiger partial charge >= 0.3 is 0 Å². The molecule has 1 saturated heterocycles. The van der Waals surface area contributed by atoms with Gasteiger partial charge in [0, 0.05) is 30.1 Å². The highest BCUT2D eigenvalue weighted by atomic mass is 35.5. The number of aromatic nitrogens is 1. The fraction of sp³-hybridized carbons (Fsp3) is 0.438. The van der Waals surface area contributed by atoms with Crippen LogP contribution in [0.2, 0.25) is 0 Å². The van der Waals surface area contributed by atoms with Gasteiger partial charge < -0.3 is 4.74 Å². The number of thiazole rings is 1. The Morgan fingerprint density at radius 3 is 3.10 bits per heavy atom. The SMILES string of the molecule is CN(Cc1cccc(-c2nc(CCl)cs2)c1)C1CCOC1. The summed E-state index contributed by atoms with van der Waals surface area (Å²) >= 11 is 7.48. The molecule has 1 aliphatic heterocycles. The van der Waals surface area contributed by atoms with Crippen molar-refractivity contribution in [3.8, 4) is 10.6 Å². The number of alkyl halides is 1. The third kappa shape index (κ3) is 3.64. The van der Waals surface area contributed by atoms with Crippen molar-refractivity contribution in [2.24, 2.45) is 0 Å². The largest absolute Gasteiger partial charge is 0.380 e. The van der Waals surface area contributed by atoms with Crippen molar-refractivity contribution in [3.05, 3.63) is 40.9 Å². The van der Waals surface area contributed by atoms with Crippen LogP contribution in [0, 0.1) is 0 Å². The van der Waals surface area contributed by atoms with E-state index in [1.807, 2.05) is 5.38 Å². The highest BCUT2D eigenvalue weighted by Gasteiger charge is 2.20. The maximum absolute atomic E-state index is 5.83. The predicted octanol–water partition coefficient (Wildman–Crippen LogP) is 3.77. The van der Waals surface area contributed by atoms with Crippen molar-refractivity contribution >= 4 is 22.9 Å². The lowest BCUT2D eigenvalue weighted by Gasteiger charge is -2.22. The predicted molar refractivity (Wildman–Crippen MR) is 87.8 cm³/mol. The van der Waals surface area contributed by atoms with Crippen molar-refractivity contribution in [2.75, 3.05) is 20.3 Å². The van der Waals surface area contributed by atoms with E-state index in [1.165, 1.54) is 11.1 Å². The molecule has 3 nitrogen and oxygen atoms in total. The zero-order valence-corrected chi connectivity index (χ0v) is 13.7. The number of benzene rings is 1. The van der Waals surface area contributed by atoms with E-state index >= 15 is 0 Å². The van der Waals surface area contributed by atoms with Gasteiger partial charge in [-0.2, -0.15) is 0 Å². The first-order valence-corrected chi connectivity index (χ1v) is 8.55. The lowest BCUT2D eigenvalue weighted by molar-refractivity contribution is 0.156. The Kier molecular flexibility index (Phi) is 4.91. The molecule has 1 aromatic heterocycles. The summed E-state index contributed by atoms with van der Waals surface area (Å²) in [6.07, 6.45) is 1.13. The maximum Gasteiger partial charge on any atom is 0.123 e. The zero-order chi connectivity index (χ0) is 14.7. The van der Waals surface area contributed by atoms with Gasteiger partial charge in [-0.15, -0.1) is 22.9 Å². The second kappa shape index (κ2) is 6.88. The molecular weight excluding hydrogens is 304 g/mol. The summed E-state index contributed by atoms with van der Waals surface area (Å²) in [5, 5.41) is 3.07. The van der Waals surface area contributed by atoms with Crippen LogP contribution in [0.25, 0.3) is 10.6 Å². The lowest BCUT2D eigenvalue weighted by Crippen LogP contribution is -2.31. The molecule has 0 spiro atoms. The highest BCUT2D eigenvalue weighted by molar-refractivity contribution is 7.13. The van der Waals surface area contributed by atoms with Gasteiger partial charge in [0.1, 0.15) is 5.01 Å². The molecule has 0 amide bonds. The molecule has 21 heavy (non-hydrogen) atoms. The first-order chi connectivity index (χ1) is 10.3. The van der Waals surface area contributed by atoms with E-state index in [-0.39, 0.29) is 0 Å². The standard InChI is InChI=1S/C16H19ClN2OS/c1-19(15-5-6-20-10-15)9-12-3-2-4-13(7-12)16-18-14(8-17)11-21-16/h2-4,7,11,15H,5-6,8-10H2,1H3. The summed E-state index contributed by atoms with van der Waals surface area (Å²) in [6, 6.07) is 9.15.